The van der Waals surface area contributed by atoms with Gasteiger partial charge in [0.2, 0.25) is 0 Å². The van der Waals surface area contributed by atoms with E-state index in [1.807, 2.05) is 0 Å². The van der Waals surface area contributed by atoms with Crippen molar-refractivity contribution in [2.75, 3.05) is 6.61 Å². The SMILES string of the molecule is C=C(C)C(=O)OCCC(C)CC. The highest BCUT2D eigenvalue weighted by atomic mass is 16.5. The van der Waals surface area contributed by atoms with Crippen LogP contribution in [0.25, 0.3) is 0 Å². The molecule has 0 spiro atoms. The lowest BCUT2D eigenvalue weighted by molar-refractivity contribution is -0.139. The summed E-state index contributed by atoms with van der Waals surface area (Å²) in [5.74, 6) is 0.348. The van der Waals surface area contributed by atoms with Crippen LogP contribution in [0.5, 0.6) is 0 Å². The molecular weight excluding hydrogens is 152 g/mol. The van der Waals surface area contributed by atoms with Gasteiger partial charge in [0.15, 0.2) is 0 Å². The molecule has 0 aromatic heterocycles. The van der Waals surface area contributed by atoms with E-state index in [-0.39, 0.29) is 5.97 Å². The zero-order valence-corrected chi connectivity index (χ0v) is 8.22. The number of carbonyl (C=O) groups is 1. The van der Waals surface area contributed by atoms with Crippen LogP contribution in [0.15, 0.2) is 12.2 Å². The van der Waals surface area contributed by atoms with Gasteiger partial charge in [-0.25, -0.2) is 4.79 Å². The lowest BCUT2D eigenvalue weighted by Crippen LogP contribution is -2.08. The molecule has 0 saturated heterocycles. The first-order chi connectivity index (χ1) is 5.57. The zero-order chi connectivity index (χ0) is 9.56. The van der Waals surface area contributed by atoms with E-state index in [1.54, 1.807) is 6.92 Å². The van der Waals surface area contributed by atoms with Crippen LogP contribution in [0.4, 0.5) is 0 Å². The maximum atomic E-state index is 10.9. The molecule has 0 amide bonds. The third-order valence-electron chi connectivity index (χ3n) is 1.89. The fourth-order valence-corrected chi connectivity index (χ4v) is 0.680. The van der Waals surface area contributed by atoms with Crippen LogP contribution < -0.4 is 0 Å². The van der Waals surface area contributed by atoms with Crippen LogP contribution >= 0.6 is 0 Å². The molecule has 0 aliphatic heterocycles. The van der Waals surface area contributed by atoms with E-state index in [1.165, 1.54) is 0 Å². The number of esters is 1. The van der Waals surface area contributed by atoms with Gasteiger partial charge in [0.1, 0.15) is 0 Å². The number of hydrogen-bond acceptors (Lipinski definition) is 2. The second kappa shape index (κ2) is 5.81. The third kappa shape index (κ3) is 4.94. The molecule has 1 atom stereocenters. The van der Waals surface area contributed by atoms with Crippen molar-refractivity contribution in [3.63, 3.8) is 0 Å². The molecule has 0 aliphatic rings. The Hall–Kier alpha value is -0.790. The summed E-state index contributed by atoms with van der Waals surface area (Å²) in [5.41, 5.74) is 0.471. The minimum atomic E-state index is -0.279. The molecule has 70 valence electrons. The Morgan fingerprint density at radius 2 is 2.17 bits per heavy atom. The lowest BCUT2D eigenvalue weighted by Gasteiger charge is -2.08. The molecule has 0 fully saturated rings. The van der Waals surface area contributed by atoms with E-state index in [9.17, 15) is 4.79 Å². The van der Waals surface area contributed by atoms with Crippen molar-refractivity contribution in [2.24, 2.45) is 5.92 Å². The Balaban J connectivity index is 3.44. The Kier molecular flexibility index (Phi) is 5.43. The Bertz CT molecular complexity index is 161. The Labute approximate surface area is 74.6 Å². The molecule has 0 radical (unpaired) electrons. The molecule has 0 saturated carbocycles. The van der Waals surface area contributed by atoms with Crippen molar-refractivity contribution < 1.29 is 9.53 Å². The van der Waals surface area contributed by atoms with Crippen molar-refractivity contribution in [1.29, 1.82) is 0 Å². The van der Waals surface area contributed by atoms with Crippen LogP contribution in [0.3, 0.4) is 0 Å². The molecule has 0 aliphatic carbocycles. The first-order valence-corrected chi connectivity index (χ1v) is 4.40. The van der Waals surface area contributed by atoms with Gasteiger partial charge in [-0.05, 0) is 19.3 Å². The van der Waals surface area contributed by atoms with E-state index in [2.05, 4.69) is 20.4 Å². The summed E-state index contributed by atoms with van der Waals surface area (Å²) >= 11 is 0. The van der Waals surface area contributed by atoms with Crippen LogP contribution in [-0.2, 0) is 9.53 Å². The summed E-state index contributed by atoms with van der Waals surface area (Å²) in [5, 5.41) is 0. The van der Waals surface area contributed by atoms with Gasteiger partial charge in [-0.2, -0.15) is 0 Å². The molecule has 12 heavy (non-hydrogen) atoms. The predicted octanol–water partition coefficient (Wildman–Crippen LogP) is 2.54. The summed E-state index contributed by atoms with van der Waals surface area (Å²) in [4.78, 5) is 10.9. The molecule has 2 heteroatoms. The minimum absolute atomic E-state index is 0.279. The molecule has 0 bridgehead atoms. The fourth-order valence-electron chi connectivity index (χ4n) is 0.680. The maximum absolute atomic E-state index is 10.9. The van der Waals surface area contributed by atoms with Crippen molar-refractivity contribution in [3.8, 4) is 0 Å². The predicted molar refractivity (Wildman–Crippen MR) is 49.8 cm³/mol. The first-order valence-electron chi connectivity index (χ1n) is 4.40. The molecule has 0 N–H and O–H groups in total. The van der Waals surface area contributed by atoms with Gasteiger partial charge in [-0.3, -0.25) is 0 Å². The van der Waals surface area contributed by atoms with Crippen molar-refractivity contribution >= 4 is 5.97 Å². The molecular formula is C10H18O2. The highest BCUT2D eigenvalue weighted by Crippen LogP contribution is 2.06. The first kappa shape index (κ1) is 11.2. The van der Waals surface area contributed by atoms with Gasteiger partial charge in [0, 0.05) is 5.57 Å². The van der Waals surface area contributed by atoms with E-state index in [0.717, 1.165) is 12.8 Å². The molecule has 1 unspecified atom stereocenters. The minimum Gasteiger partial charge on any atom is -0.462 e. The Morgan fingerprint density at radius 1 is 1.58 bits per heavy atom. The van der Waals surface area contributed by atoms with Crippen LogP contribution in [0, 0.1) is 5.92 Å². The normalized spacial score (nSPS) is 12.2. The number of ether oxygens (including phenoxy) is 1. The van der Waals surface area contributed by atoms with Gasteiger partial charge < -0.3 is 4.74 Å². The second-order valence-electron chi connectivity index (χ2n) is 3.22. The van der Waals surface area contributed by atoms with Crippen molar-refractivity contribution in [1.82, 2.24) is 0 Å². The second-order valence-corrected chi connectivity index (χ2v) is 3.22. The average molecular weight is 170 g/mol. The summed E-state index contributed by atoms with van der Waals surface area (Å²) in [7, 11) is 0. The number of rotatable bonds is 5. The number of carbonyl (C=O) groups excluding carboxylic acids is 1. The molecule has 0 rings (SSSR count). The van der Waals surface area contributed by atoms with Gasteiger partial charge in [0.05, 0.1) is 6.61 Å². The van der Waals surface area contributed by atoms with E-state index in [0.29, 0.717) is 18.1 Å². The van der Waals surface area contributed by atoms with E-state index in [4.69, 9.17) is 4.74 Å². The summed E-state index contributed by atoms with van der Waals surface area (Å²) in [6.07, 6.45) is 2.07. The lowest BCUT2D eigenvalue weighted by atomic mass is 10.1. The standard InChI is InChI=1S/C10H18O2/c1-5-9(4)6-7-12-10(11)8(2)3/h9H,2,5-7H2,1,3-4H3. The molecule has 0 aromatic rings. The topological polar surface area (TPSA) is 26.3 Å². The van der Waals surface area contributed by atoms with Crippen molar-refractivity contribution in [3.05, 3.63) is 12.2 Å². The monoisotopic (exact) mass is 170 g/mol. The largest absolute Gasteiger partial charge is 0.462 e. The quantitative estimate of drug-likeness (QED) is 0.468. The van der Waals surface area contributed by atoms with E-state index >= 15 is 0 Å². The highest BCUT2D eigenvalue weighted by Gasteiger charge is 2.04. The smallest absolute Gasteiger partial charge is 0.333 e. The van der Waals surface area contributed by atoms with Gasteiger partial charge >= 0.3 is 5.97 Å². The maximum Gasteiger partial charge on any atom is 0.333 e. The van der Waals surface area contributed by atoms with Gasteiger partial charge in [-0.1, -0.05) is 26.8 Å². The van der Waals surface area contributed by atoms with Gasteiger partial charge in [0.25, 0.3) is 0 Å². The average Bonchev–Trinajstić information content (AvgIpc) is 2.03. The Morgan fingerprint density at radius 3 is 2.58 bits per heavy atom. The van der Waals surface area contributed by atoms with Crippen LogP contribution in [-0.4, -0.2) is 12.6 Å². The summed E-state index contributed by atoms with van der Waals surface area (Å²) < 4.78 is 4.94. The van der Waals surface area contributed by atoms with E-state index < -0.39 is 0 Å². The van der Waals surface area contributed by atoms with Crippen LogP contribution in [0.1, 0.15) is 33.6 Å². The highest BCUT2D eigenvalue weighted by molar-refractivity contribution is 5.86. The van der Waals surface area contributed by atoms with Gasteiger partial charge in [-0.15, -0.1) is 0 Å². The van der Waals surface area contributed by atoms with Crippen molar-refractivity contribution in [2.45, 2.75) is 33.6 Å². The number of hydrogen-bond donors (Lipinski definition) is 0. The third-order valence-corrected chi connectivity index (χ3v) is 1.89. The molecule has 0 heterocycles. The molecule has 2 nitrogen and oxygen atoms in total. The molecule has 0 aromatic carbocycles. The van der Waals surface area contributed by atoms with Crippen LogP contribution in [0.2, 0.25) is 0 Å². The summed E-state index contributed by atoms with van der Waals surface area (Å²) in [6.45, 7) is 9.95. The fraction of sp³-hybridized carbons (Fsp3) is 0.700. The summed E-state index contributed by atoms with van der Waals surface area (Å²) in [6, 6.07) is 0. The zero-order valence-electron chi connectivity index (χ0n) is 8.22.